The van der Waals surface area contributed by atoms with Crippen molar-refractivity contribution in [2.75, 3.05) is 20.1 Å². The number of para-hydroxylation sites is 1. The molecule has 0 unspecified atom stereocenters. The lowest BCUT2D eigenvalue weighted by Crippen LogP contribution is -2.45. The number of likely N-dealkylation sites (tertiary alicyclic amines) is 1. The molecule has 1 aliphatic rings. The lowest BCUT2D eigenvalue weighted by molar-refractivity contribution is 0.116. The van der Waals surface area contributed by atoms with Crippen molar-refractivity contribution in [3.63, 3.8) is 0 Å². The van der Waals surface area contributed by atoms with Crippen molar-refractivity contribution >= 4 is 22.6 Å². The third kappa shape index (κ3) is 1.58. The van der Waals surface area contributed by atoms with Crippen molar-refractivity contribution in [2.45, 2.75) is 6.54 Å². The molecular weight excluding hydrogens is 224 g/mol. The molecular formula is C11H13ClN4. The molecule has 16 heavy (non-hydrogen) atoms. The molecule has 5 heteroatoms. The van der Waals surface area contributed by atoms with Crippen LogP contribution < -0.4 is 0 Å². The average Bonchev–Trinajstić information content (AvgIpc) is 2.61. The third-order valence-corrected chi connectivity index (χ3v) is 3.36. The van der Waals surface area contributed by atoms with Crippen LogP contribution >= 0.6 is 11.6 Å². The predicted octanol–water partition coefficient (Wildman–Crippen LogP) is 1.65. The fraction of sp³-hybridized carbons (Fsp3) is 0.455. The van der Waals surface area contributed by atoms with Gasteiger partial charge < -0.3 is 4.90 Å². The summed E-state index contributed by atoms with van der Waals surface area (Å²) in [6, 6.07) is 5.73. The Balaban J connectivity index is 1.92. The van der Waals surface area contributed by atoms with Crippen molar-refractivity contribution in [2.24, 2.45) is 5.92 Å². The molecule has 84 valence electrons. The number of hydrogen-bond acceptors (Lipinski definition) is 3. The molecule has 2 aromatic rings. The van der Waals surface area contributed by atoms with Crippen LogP contribution in [0.5, 0.6) is 0 Å². The molecule has 1 fully saturated rings. The Bertz CT molecular complexity index is 516. The number of halogens is 1. The molecule has 0 atom stereocenters. The largest absolute Gasteiger partial charge is 0.306 e. The van der Waals surface area contributed by atoms with E-state index in [2.05, 4.69) is 22.3 Å². The van der Waals surface area contributed by atoms with Gasteiger partial charge in [-0.2, -0.15) is 0 Å². The summed E-state index contributed by atoms with van der Waals surface area (Å²) < 4.78 is 1.93. The molecule has 0 N–H and O–H groups in total. The first-order valence-corrected chi connectivity index (χ1v) is 5.78. The van der Waals surface area contributed by atoms with E-state index in [0.29, 0.717) is 5.92 Å². The summed E-state index contributed by atoms with van der Waals surface area (Å²) in [7, 11) is 2.13. The van der Waals surface area contributed by atoms with E-state index in [0.717, 1.165) is 35.7 Å². The Morgan fingerprint density at radius 1 is 1.44 bits per heavy atom. The van der Waals surface area contributed by atoms with Gasteiger partial charge in [-0.3, -0.25) is 0 Å². The molecule has 4 nitrogen and oxygen atoms in total. The van der Waals surface area contributed by atoms with Gasteiger partial charge in [0.05, 0.1) is 5.02 Å². The Kier molecular flexibility index (Phi) is 2.33. The molecule has 0 bridgehead atoms. The van der Waals surface area contributed by atoms with Crippen LogP contribution in [0, 0.1) is 5.92 Å². The van der Waals surface area contributed by atoms with Gasteiger partial charge in [0.15, 0.2) is 0 Å². The molecule has 1 aromatic carbocycles. The first kappa shape index (κ1) is 10.1. The minimum atomic E-state index is 0.672. The van der Waals surface area contributed by atoms with Crippen molar-refractivity contribution < 1.29 is 0 Å². The maximum atomic E-state index is 6.17. The van der Waals surface area contributed by atoms with Gasteiger partial charge in [-0.25, -0.2) is 4.68 Å². The first-order chi connectivity index (χ1) is 7.74. The van der Waals surface area contributed by atoms with E-state index in [4.69, 9.17) is 11.6 Å². The van der Waals surface area contributed by atoms with Crippen molar-refractivity contribution in [3.8, 4) is 0 Å². The molecule has 1 saturated heterocycles. The van der Waals surface area contributed by atoms with Crippen molar-refractivity contribution in [1.82, 2.24) is 19.9 Å². The Morgan fingerprint density at radius 3 is 3.00 bits per heavy atom. The van der Waals surface area contributed by atoms with Crippen LogP contribution in [0.3, 0.4) is 0 Å². The lowest BCUT2D eigenvalue weighted by Gasteiger charge is -2.35. The van der Waals surface area contributed by atoms with Crippen LogP contribution in [0.4, 0.5) is 0 Å². The zero-order valence-electron chi connectivity index (χ0n) is 9.10. The summed E-state index contributed by atoms with van der Waals surface area (Å²) in [6.07, 6.45) is 0. The molecule has 2 heterocycles. The molecule has 0 saturated carbocycles. The Labute approximate surface area is 98.8 Å². The number of benzene rings is 1. The van der Waals surface area contributed by atoms with Gasteiger partial charge in [0.2, 0.25) is 0 Å². The molecule has 3 rings (SSSR count). The monoisotopic (exact) mass is 236 g/mol. The van der Waals surface area contributed by atoms with Crippen LogP contribution in [-0.4, -0.2) is 40.0 Å². The van der Waals surface area contributed by atoms with Gasteiger partial charge in [-0.05, 0) is 19.2 Å². The van der Waals surface area contributed by atoms with Gasteiger partial charge in [-0.1, -0.05) is 22.9 Å². The molecule has 1 aromatic heterocycles. The SMILES string of the molecule is CN1CC(Cn2nnc3cccc(Cl)c32)C1. The zero-order chi connectivity index (χ0) is 11.1. The zero-order valence-corrected chi connectivity index (χ0v) is 9.85. The van der Waals surface area contributed by atoms with Gasteiger partial charge in [0, 0.05) is 25.6 Å². The van der Waals surface area contributed by atoms with Crippen molar-refractivity contribution in [1.29, 1.82) is 0 Å². The minimum absolute atomic E-state index is 0.672. The Hall–Kier alpha value is -1.13. The van der Waals surface area contributed by atoms with E-state index in [1.165, 1.54) is 0 Å². The standard InChI is InChI=1S/C11H13ClN4/c1-15-5-8(6-15)7-16-11-9(12)3-2-4-10(11)13-14-16/h2-4,8H,5-7H2,1H3. The molecule has 1 aliphatic heterocycles. The van der Waals surface area contributed by atoms with Gasteiger partial charge >= 0.3 is 0 Å². The second-order valence-corrected chi connectivity index (χ2v) is 4.87. The summed E-state index contributed by atoms with van der Waals surface area (Å²) in [5.41, 5.74) is 1.83. The highest BCUT2D eigenvalue weighted by Gasteiger charge is 2.24. The average molecular weight is 237 g/mol. The first-order valence-electron chi connectivity index (χ1n) is 5.40. The highest BCUT2D eigenvalue weighted by molar-refractivity contribution is 6.34. The van der Waals surface area contributed by atoms with E-state index in [9.17, 15) is 0 Å². The summed E-state index contributed by atoms with van der Waals surface area (Å²) in [5.74, 6) is 0.672. The summed E-state index contributed by atoms with van der Waals surface area (Å²) >= 11 is 6.17. The fourth-order valence-corrected chi connectivity index (χ4v) is 2.57. The maximum Gasteiger partial charge on any atom is 0.114 e. The predicted molar refractivity (Wildman–Crippen MR) is 63.5 cm³/mol. The third-order valence-electron chi connectivity index (χ3n) is 3.05. The maximum absolute atomic E-state index is 6.17. The molecule has 0 spiro atoms. The number of rotatable bonds is 2. The van der Waals surface area contributed by atoms with Gasteiger partial charge in [0.1, 0.15) is 11.0 Å². The van der Waals surface area contributed by atoms with Crippen LogP contribution in [0.2, 0.25) is 5.02 Å². The van der Waals surface area contributed by atoms with Crippen LogP contribution in [0.1, 0.15) is 0 Å². The smallest absolute Gasteiger partial charge is 0.114 e. The Morgan fingerprint density at radius 2 is 2.25 bits per heavy atom. The minimum Gasteiger partial charge on any atom is -0.306 e. The van der Waals surface area contributed by atoms with E-state index >= 15 is 0 Å². The number of nitrogens with zero attached hydrogens (tertiary/aromatic N) is 4. The summed E-state index contributed by atoms with van der Waals surface area (Å²) in [5, 5.41) is 9.02. The lowest BCUT2D eigenvalue weighted by atomic mass is 10.0. The molecule has 0 radical (unpaired) electrons. The summed E-state index contributed by atoms with van der Waals surface area (Å²) in [6.45, 7) is 3.17. The highest BCUT2D eigenvalue weighted by atomic mass is 35.5. The van der Waals surface area contributed by atoms with Crippen LogP contribution in [-0.2, 0) is 6.54 Å². The number of aromatic nitrogens is 3. The van der Waals surface area contributed by atoms with Gasteiger partial charge in [-0.15, -0.1) is 5.10 Å². The number of fused-ring (bicyclic) bond motifs is 1. The second kappa shape index (κ2) is 3.71. The summed E-state index contributed by atoms with van der Waals surface area (Å²) in [4.78, 5) is 2.30. The van der Waals surface area contributed by atoms with Gasteiger partial charge in [0.25, 0.3) is 0 Å². The van der Waals surface area contributed by atoms with E-state index in [1.54, 1.807) is 0 Å². The van der Waals surface area contributed by atoms with Crippen LogP contribution in [0.15, 0.2) is 18.2 Å². The molecule has 0 amide bonds. The van der Waals surface area contributed by atoms with E-state index in [-0.39, 0.29) is 0 Å². The second-order valence-electron chi connectivity index (χ2n) is 4.47. The topological polar surface area (TPSA) is 34.0 Å². The van der Waals surface area contributed by atoms with Crippen molar-refractivity contribution in [3.05, 3.63) is 23.2 Å². The van der Waals surface area contributed by atoms with E-state index in [1.807, 2.05) is 22.9 Å². The normalized spacial score (nSPS) is 17.9. The highest BCUT2D eigenvalue weighted by Crippen LogP contribution is 2.23. The quantitative estimate of drug-likeness (QED) is 0.795. The fourth-order valence-electron chi connectivity index (χ4n) is 2.30. The number of hydrogen-bond donors (Lipinski definition) is 0. The van der Waals surface area contributed by atoms with Crippen LogP contribution in [0.25, 0.3) is 11.0 Å². The molecule has 0 aliphatic carbocycles. The van der Waals surface area contributed by atoms with E-state index < -0.39 is 0 Å².